The first kappa shape index (κ1) is 13.9. The molecule has 23 heavy (non-hydrogen) atoms. The van der Waals surface area contributed by atoms with Gasteiger partial charge in [0, 0.05) is 16.7 Å². The molecule has 4 rings (SSSR count). The van der Waals surface area contributed by atoms with Crippen LogP contribution in [0.3, 0.4) is 0 Å². The number of hydrogen-bond acceptors (Lipinski definition) is 4. The van der Waals surface area contributed by atoms with Gasteiger partial charge in [0.2, 0.25) is 0 Å². The van der Waals surface area contributed by atoms with E-state index in [4.69, 9.17) is 14.0 Å². The molecule has 0 N–H and O–H groups in total. The van der Waals surface area contributed by atoms with E-state index in [9.17, 15) is 0 Å². The van der Waals surface area contributed by atoms with E-state index in [0.717, 1.165) is 46.9 Å². The van der Waals surface area contributed by atoms with Crippen molar-refractivity contribution in [2.75, 3.05) is 14.2 Å². The summed E-state index contributed by atoms with van der Waals surface area (Å²) in [5.74, 6) is 2.56. The van der Waals surface area contributed by atoms with Gasteiger partial charge >= 0.3 is 0 Å². The first-order chi connectivity index (χ1) is 11.3. The molecule has 0 atom stereocenters. The van der Waals surface area contributed by atoms with Gasteiger partial charge in [0.1, 0.15) is 17.2 Å². The predicted molar refractivity (Wildman–Crippen MR) is 87.9 cm³/mol. The molecule has 1 aliphatic rings. The molecule has 0 aliphatic heterocycles. The lowest BCUT2D eigenvalue weighted by Crippen LogP contribution is -2.03. The number of methoxy groups -OCH3 is 2. The van der Waals surface area contributed by atoms with E-state index in [1.54, 1.807) is 14.2 Å². The third-order valence-electron chi connectivity index (χ3n) is 4.35. The van der Waals surface area contributed by atoms with Crippen molar-refractivity contribution in [3.8, 4) is 34.1 Å². The van der Waals surface area contributed by atoms with Crippen LogP contribution in [-0.2, 0) is 12.8 Å². The Bertz CT molecular complexity index is 836. The summed E-state index contributed by atoms with van der Waals surface area (Å²) in [6.45, 7) is 0. The number of nitrogens with zero attached hydrogens (tertiary/aromatic N) is 1. The maximum atomic E-state index is 5.67. The Kier molecular flexibility index (Phi) is 3.30. The molecule has 0 amide bonds. The van der Waals surface area contributed by atoms with Gasteiger partial charge in [-0.3, -0.25) is 0 Å². The molecule has 2 aromatic carbocycles. The maximum Gasteiger partial charge on any atom is 0.170 e. The maximum absolute atomic E-state index is 5.67. The van der Waals surface area contributed by atoms with Gasteiger partial charge in [-0.05, 0) is 60.9 Å². The SMILES string of the molecule is COc1ccc(-c2onc3c2CCc2cc(OC)ccc2-3)cc1. The van der Waals surface area contributed by atoms with Gasteiger partial charge in [0.05, 0.1) is 14.2 Å². The average Bonchev–Trinajstić information content (AvgIpc) is 3.05. The van der Waals surface area contributed by atoms with E-state index in [1.165, 1.54) is 11.1 Å². The summed E-state index contributed by atoms with van der Waals surface area (Å²) >= 11 is 0. The molecule has 1 heterocycles. The molecule has 0 radical (unpaired) electrons. The van der Waals surface area contributed by atoms with E-state index in [0.29, 0.717) is 0 Å². The van der Waals surface area contributed by atoms with Gasteiger partial charge in [0.15, 0.2) is 5.76 Å². The van der Waals surface area contributed by atoms with Crippen LogP contribution in [0.1, 0.15) is 11.1 Å². The summed E-state index contributed by atoms with van der Waals surface area (Å²) in [5, 5.41) is 4.33. The quantitative estimate of drug-likeness (QED) is 0.730. The molecule has 1 aliphatic carbocycles. The Labute approximate surface area is 134 Å². The highest BCUT2D eigenvalue weighted by Gasteiger charge is 2.25. The Morgan fingerprint density at radius 2 is 1.65 bits per heavy atom. The van der Waals surface area contributed by atoms with E-state index in [1.807, 2.05) is 30.3 Å². The van der Waals surface area contributed by atoms with Crippen molar-refractivity contribution in [3.63, 3.8) is 0 Å². The highest BCUT2D eigenvalue weighted by molar-refractivity contribution is 5.77. The molecular formula is C19H17NO3. The normalized spacial score (nSPS) is 12.4. The van der Waals surface area contributed by atoms with Crippen molar-refractivity contribution >= 4 is 0 Å². The van der Waals surface area contributed by atoms with Crippen molar-refractivity contribution in [1.82, 2.24) is 5.16 Å². The van der Waals surface area contributed by atoms with E-state index < -0.39 is 0 Å². The summed E-state index contributed by atoms with van der Waals surface area (Å²) in [7, 11) is 3.35. The number of fused-ring (bicyclic) bond motifs is 3. The smallest absolute Gasteiger partial charge is 0.170 e. The fraction of sp³-hybridized carbons (Fsp3) is 0.211. The minimum atomic E-state index is 0.833. The molecule has 0 spiro atoms. The Balaban J connectivity index is 1.78. The standard InChI is InChI=1S/C19H17NO3/c1-21-14-6-3-12(4-7-14)19-17-9-5-13-11-15(22-2)8-10-16(13)18(17)20-23-19/h3-4,6-8,10-11H,5,9H2,1-2H3. The van der Waals surface area contributed by atoms with E-state index in [-0.39, 0.29) is 0 Å². The molecule has 4 heteroatoms. The summed E-state index contributed by atoms with van der Waals surface area (Å²) in [6.07, 6.45) is 1.88. The molecule has 0 bridgehead atoms. The second kappa shape index (κ2) is 5.47. The van der Waals surface area contributed by atoms with Crippen molar-refractivity contribution in [3.05, 3.63) is 53.6 Å². The Hall–Kier alpha value is -2.75. The van der Waals surface area contributed by atoms with Gasteiger partial charge in [-0.2, -0.15) is 0 Å². The van der Waals surface area contributed by atoms with Crippen LogP contribution in [0.4, 0.5) is 0 Å². The van der Waals surface area contributed by atoms with Crippen LogP contribution < -0.4 is 9.47 Å². The van der Waals surface area contributed by atoms with Crippen LogP contribution in [0.15, 0.2) is 47.0 Å². The number of aromatic nitrogens is 1. The van der Waals surface area contributed by atoms with Crippen LogP contribution >= 0.6 is 0 Å². The minimum Gasteiger partial charge on any atom is -0.497 e. The number of ether oxygens (including phenoxy) is 2. The number of rotatable bonds is 3. The van der Waals surface area contributed by atoms with Crippen molar-refractivity contribution < 1.29 is 14.0 Å². The van der Waals surface area contributed by atoms with Crippen LogP contribution in [0.2, 0.25) is 0 Å². The van der Waals surface area contributed by atoms with Crippen molar-refractivity contribution in [1.29, 1.82) is 0 Å². The highest BCUT2D eigenvalue weighted by atomic mass is 16.5. The Morgan fingerprint density at radius 3 is 2.39 bits per heavy atom. The molecule has 4 nitrogen and oxygen atoms in total. The topological polar surface area (TPSA) is 44.5 Å². The third kappa shape index (κ3) is 2.27. The lowest BCUT2D eigenvalue weighted by molar-refractivity contribution is 0.414. The van der Waals surface area contributed by atoms with Gasteiger partial charge in [-0.1, -0.05) is 5.16 Å². The van der Waals surface area contributed by atoms with E-state index >= 15 is 0 Å². The van der Waals surface area contributed by atoms with Crippen molar-refractivity contribution in [2.24, 2.45) is 0 Å². The molecule has 3 aromatic rings. The Morgan fingerprint density at radius 1 is 0.913 bits per heavy atom. The largest absolute Gasteiger partial charge is 0.497 e. The monoisotopic (exact) mass is 307 g/mol. The lowest BCUT2D eigenvalue weighted by atomic mass is 9.88. The van der Waals surface area contributed by atoms with Crippen LogP contribution in [0.5, 0.6) is 11.5 Å². The molecule has 0 saturated carbocycles. The molecule has 116 valence electrons. The lowest BCUT2D eigenvalue weighted by Gasteiger charge is -2.16. The van der Waals surface area contributed by atoms with Crippen LogP contribution in [0.25, 0.3) is 22.6 Å². The van der Waals surface area contributed by atoms with Gasteiger partial charge < -0.3 is 14.0 Å². The minimum absolute atomic E-state index is 0.833. The highest BCUT2D eigenvalue weighted by Crippen LogP contribution is 2.39. The van der Waals surface area contributed by atoms with Crippen LogP contribution in [-0.4, -0.2) is 19.4 Å². The molecule has 1 aromatic heterocycles. The first-order valence-electron chi connectivity index (χ1n) is 7.60. The average molecular weight is 307 g/mol. The van der Waals surface area contributed by atoms with Gasteiger partial charge in [-0.15, -0.1) is 0 Å². The fourth-order valence-electron chi connectivity index (χ4n) is 3.12. The zero-order valence-corrected chi connectivity index (χ0v) is 13.1. The molecular weight excluding hydrogens is 290 g/mol. The summed E-state index contributed by atoms with van der Waals surface area (Å²) in [4.78, 5) is 0. The molecule has 0 fully saturated rings. The van der Waals surface area contributed by atoms with Gasteiger partial charge in [0.25, 0.3) is 0 Å². The van der Waals surface area contributed by atoms with Crippen molar-refractivity contribution in [2.45, 2.75) is 12.8 Å². The van der Waals surface area contributed by atoms with Crippen LogP contribution in [0, 0.1) is 0 Å². The zero-order valence-electron chi connectivity index (χ0n) is 13.1. The fourth-order valence-corrected chi connectivity index (χ4v) is 3.12. The zero-order chi connectivity index (χ0) is 15.8. The molecule has 0 unspecified atom stereocenters. The number of hydrogen-bond donors (Lipinski definition) is 0. The first-order valence-corrected chi connectivity index (χ1v) is 7.60. The number of benzene rings is 2. The number of aryl methyl sites for hydroxylation is 1. The predicted octanol–water partition coefficient (Wildman–Crippen LogP) is 4.12. The van der Waals surface area contributed by atoms with E-state index in [2.05, 4.69) is 17.3 Å². The molecule has 0 saturated heterocycles. The summed E-state index contributed by atoms with van der Waals surface area (Å²) in [6, 6.07) is 14.0. The third-order valence-corrected chi connectivity index (χ3v) is 4.35. The second-order valence-corrected chi connectivity index (χ2v) is 5.59. The second-order valence-electron chi connectivity index (χ2n) is 5.59. The summed E-state index contributed by atoms with van der Waals surface area (Å²) < 4.78 is 16.2. The summed E-state index contributed by atoms with van der Waals surface area (Å²) in [5.41, 5.74) is 5.53. The van der Waals surface area contributed by atoms with Gasteiger partial charge in [-0.25, -0.2) is 0 Å².